The first kappa shape index (κ1) is 22.7. The zero-order valence-corrected chi connectivity index (χ0v) is 19.5. The number of benzene rings is 1. The number of amides is 2. The van der Waals surface area contributed by atoms with E-state index in [2.05, 4.69) is 35.9 Å². The summed E-state index contributed by atoms with van der Waals surface area (Å²) < 4.78 is 0. The fourth-order valence-electron chi connectivity index (χ4n) is 5.09. The van der Waals surface area contributed by atoms with Crippen molar-refractivity contribution in [2.45, 2.75) is 58.9 Å². The second kappa shape index (κ2) is 10.4. The summed E-state index contributed by atoms with van der Waals surface area (Å²) in [7, 11) is 0. The number of halogens is 2. The molecular weight excluding hydrogens is 405 g/mol. The van der Waals surface area contributed by atoms with Gasteiger partial charge in [-0.15, -0.1) is 0 Å². The summed E-state index contributed by atoms with van der Waals surface area (Å²) in [6, 6.07) is 5.50. The van der Waals surface area contributed by atoms with Crippen LogP contribution in [0.3, 0.4) is 0 Å². The molecule has 2 aliphatic carbocycles. The molecule has 6 heteroatoms. The molecule has 2 saturated carbocycles. The average Bonchev–Trinajstić information content (AvgIpc) is 3.09. The predicted octanol–water partition coefficient (Wildman–Crippen LogP) is 6.38. The average molecular weight is 440 g/mol. The Bertz CT molecular complexity index is 678. The Morgan fingerprint density at radius 2 is 1.79 bits per heavy atom. The molecule has 0 bridgehead atoms. The van der Waals surface area contributed by atoms with Crippen LogP contribution in [0.15, 0.2) is 18.2 Å². The lowest BCUT2D eigenvalue weighted by molar-refractivity contribution is 0.160. The Labute approximate surface area is 185 Å². The molecule has 0 heterocycles. The van der Waals surface area contributed by atoms with Crippen LogP contribution in [0.25, 0.3) is 0 Å². The first-order valence-corrected chi connectivity index (χ1v) is 12.0. The highest BCUT2D eigenvalue weighted by Gasteiger charge is 2.57. The van der Waals surface area contributed by atoms with Gasteiger partial charge in [-0.1, -0.05) is 56.8 Å². The number of nitrogens with zero attached hydrogens (tertiary/aromatic N) is 2. The maximum atomic E-state index is 13.3. The third-order valence-corrected chi connectivity index (χ3v) is 7.27. The van der Waals surface area contributed by atoms with Gasteiger partial charge in [0.25, 0.3) is 0 Å². The van der Waals surface area contributed by atoms with Crippen molar-refractivity contribution < 1.29 is 4.79 Å². The third-order valence-electron chi connectivity index (χ3n) is 6.83. The minimum atomic E-state index is -0.0299. The number of rotatable bonds is 10. The number of nitrogens with one attached hydrogen (secondary N) is 1. The van der Waals surface area contributed by atoms with E-state index >= 15 is 0 Å². The highest BCUT2D eigenvalue weighted by Crippen LogP contribution is 2.58. The van der Waals surface area contributed by atoms with Crippen molar-refractivity contribution in [2.75, 3.05) is 31.5 Å². The standard InChI is InChI=1S/C23H35Cl2N3O/c1-4-6-7-10-27(5-2)11-12-28(21-9-8-20-16(3)22(20)21)23(29)26-19-14-17(24)13-18(25)15-19/h13-16,20-22H,4-12H2,1-3H3,(H,26,29). The molecule has 162 valence electrons. The molecule has 1 aromatic carbocycles. The van der Waals surface area contributed by atoms with Crippen molar-refractivity contribution in [2.24, 2.45) is 17.8 Å². The van der Waals surface area contributed by atoms with Crippen molar-refractivity contribution in [3.05, 3.63) is 28.2 Å². The summed E-state index contributed by atoms with van der Waals surface area (Å²) >= 11 is 12.2. The molecule has 0 radical (unpaired) electrons. The molecule has 0 aromatic heterocycles. The number of unbranched alkanes of at least 4 members (excludes halogenated alkanes) is 2. The van der Waals surface area contributed by atoms with Gasteiger partial charge in [-0.25, -0.2) is 4.79 Å². The monoisotopic (exact) mass is 439 g/mol. The fourth-order valence-corrected chi connectivity index (χ4v) is 5.62. The van der Waals surface area contributed by atoms with E-state index < -0.39 is 0 Å². The molecule has 0 saturated heterocycles. The molecule has 0 spiro atoms. The quantitative estimate of drug-likeness (QED) is 0.428. The minimum absolute atomic E-state index is 0.0299. The fraction of sp³-hybridized carbons (Fsp3) is 0.696. The van der Waals surface area contributed by atoms with E-state index in [0.29, 0.717) is 27.7 Å². The van der Waals surface area contributed by atoms with Gasteiger partial charge in [-0.2, -0.15) is 0 Å². The van der Waals surface area contributed by atoms with E-state index in [1.165, 1.54) is 25.7 Å². The highest BCUT2D eigenvalue weighted by atomic mass is 35.5. The number of hydrogen-bond donors (Lipinski definition) is 1. The maximum absolute atomic E-state index is 13.3. The van der Waals surface area contributed by atoms with Crippen LogP contribution < -0.4 is 5.32 Å². The summed E-state index contributed by atoms with van der Waals surface area (Å²) in [5.41, 5.74) is 0.659. The van der Waals surface area contributed by atoms with Gasteiger partial charge >= 0.3 is 6.03 Å². The lowest BCUT2D eigenvalue weighted by atomic mass is 10.1. The van der Waals surface area contributed by atoms with E-state index in [9.17, 15) is 4.79 Å². The number of likely N-dealkylation sites (N-methyl/N-ethyl adjacent to an activating group) is 1. The zero-order chi connectivity index (χ0) is 21.0. The molecule has 2 aliphatic rings. The molecule has 2 fully saturated rings. The molecule has 1 aromatic rings. The van der Waals surface area contributed by atoms with Crippen LogP contribution in [0.4, 0.5) is 10.5 Å². The Kier molecular flexibility index (Phi) is 8.12. The molecule has 4 atom stereocenters. The van der Waals surface area contributed by atoms with Crippen molar-refractivity contribution in [3.8, 4) is 0 Å². The van der Waals surface area contributed by atoms with Crippen LogP contribution >= 0.6 is 23.2 Å². The maximum Gasteiger partial charge on any atom is 0.322 e. The summed E-state index contributed by atoms with van der Waals surface area (Å²) in [4.78, 5) is 17.8. The highest BCUT2D eigenvalue weighted by molar-refractivity contribution is 6.35. The van der Waals surface area contributed by atoms with Crippen molar-refractivity contribution in [1.29, 1.82) is 0 Å². The minimum Gasteiger partial charge on any atom is -0.320 e. The largest absolute Gasteiger partial charge is 0.322 e. The topological polar surface area (TPSA) is 35.6 Å². The van der Waals surface area contributed by atoms with E-state index in [-0.39, 0.29) is 6.03 Å². The molecule has 2 amide bonds. The van der Waals surface area contributed by atoms with Gasteiger partial charge in [0.05, 0.1) is 0 Å². The van der Waals surface area contributed by atoms with Crippen LogP contribution in [0.5, 0.6) is 0 Å². The van der Waals surface area contributed by atoms with Crippen LogP contribution in [0.1, 0.15) is 52.9 Å². The lowest BCUT2D eigenvalue weighted by Gasteiger charge is -2.33. The smallest absolute Gasteiger partial charge is 0.320 e. The number of urea groups is 1. The second-order valence-electron chi connectivity index (χ2n) is 8.67. The Hall–Kier alpha value is -0.970. The second-order valence-corrected chi connectivity index (χ2v) is 9.54. The van der Waals surface area contributed by atoms with E-state index in [1.54, 1.807) is 18.2 Å². The Morgan fingerprint density at radius 1 is 1.07 bits per heavy atom. The van der Waals surface area contributed by atoms with E-state index in [1.807, 2.05) is 0 Å². The lowest BCUT2D eigenvalue weighted by Crippen LogP contribution is -2.47. The van der Waals surface area contributed by atoms with Gasteiger partial charge in [-0.3, -0.25) is 0 Å². The van der Waals surface area contributed by atoms with Crippen LogP contribution in [0, 0.1) is 17.8 Å². The molecule has 4 unspecified atom stereocenters. The number of anilines is 1. The predicted molar refractivity (Wildman–Crippen MR) is 123 cm³/mol. The van der Waals surface area contributed by atoms with Gasteiger partial charge in [0.15, 0.2) is 0 Å². The number of fused-ring (bicyclic) bond motifs is 1. The van der Waals surface area contributed by atoms with Crippen LogP contribution in [-0.2, 0) is 0 Å². The summed E-state index contributed by atoms with van der Waals surface area (Å²) in [5.74, 6) is 2.22. The molecule has 1 N–H and O–H groups in total. The first-order chi connectivity index (χ1) is 13.9. The van der Waals surface area contributed by atoms with Gasteiger partial charge in [0, 0.05) is 34.9 Å². The molecule has 29 heavy (non-hydrogen) atoms. The van der Waals surface area contributed by atoms with Crippen molar-refractivity contribution >= 4 is 34.9 Å². The molecule has 4 nitrogen and oxygen atoms in total. The number of hydrogen-bond acceptors (Lipinski definition) is 2. The first-order valence-electron chi connectivity index (χ1n) is 11.2. The van der Waals surface area contributed by atoms with Gasteiger partial charge < -0.3 is 15.1 Å². The third kappa shape index (κ3) is 5.80. The molecular formula is C23H35Cl2N3O. The van der Waals surface area contributed by atoms with Crippen molar-refractivity contribution in [1.82, 2.24) is 9.80 Å². The van der Waals surface area contributed by atoms with Crippen LogP contribution in [0.2, 0.25) is 10.0 Å². The summed E-state index contributed by atoms with van der Waals surface area (Å²) in [6.45, 7) is 10.6. The number of carbonyl (C=O) groups is 1. The van der Waals surface area contributed by atoms with Gasteiger partial charge in [-0.05, 0) is 68.3 Å². The number of carbonyl (C=O) groups excluding carboxylic acids is 1. The zero-order valence-electron chi connectivity index (χ0n) is 18.0. The van der Waals surface area contributed by atoms with E-state index in [0.717, 1.165) is 44.4 Å². The summed E-state index contributed by atoms with van der Waals surface area (Å²) in [6.07, 6.45) is 6.09. The Balaban J connectivity index is 1.66. The normalized spacial score (nSPS) is 25.2. The Morgan fingerprint density at radius 3 is 2.38 bits per heavy atom. The van der Waals surface area contributed by atoms with E-state index in [4.69, 9.17) is 23.2 Å². The summed E-state index contributed by atoms with van der Waals surface area (Å²) in [5, 5.41) is 4.11. The van der Waals surface area contributed by atoms with Crippen molar-refractivity contribution in [3.63, 3.8) is 0 Å². The van der Waals surface area contributed by atoms with Gasteiger partial charge in [0.1, 0.15) is 0 Å². The SMILES string of the molecule is CCCCCN(CC)CCN(C(=O)Nc1cc(Cl)cc(Cl)c1)C1CCC2C(C)C21. The molecule has 3 rings (SSSR count). The molecule has 0 aliphatic heterocycles. The van der Waals surface area contributed by atoms with Gasteiger partial charge in [0.2, 0.25) is 0 Å². The van der Waals surface area contributed by atoms with Crippen LogP contribution in [-0.4, -0.2) is 48.1 Å².